The summed E-state index contributed by atoms with van der Waals surface area (Å²) < 4.78 is 5.47. The topological polar surface area (TPSA) is 42.2 Å². The van der Waals surface area contributed by atoms with Gasteiger partial charge in [-0.2, -0.15) is 0 Å². The van der Waals surface area contributed by atoms with Crippen molar-refractivity contribution in [1.29, 1.82) is 0 Å². The van der Waals surface area contributed by atoms with Gasteiger partial charge in [-0.3, -0.25) is 9.88 Å². The predicted molar refractivity (Wildman–Crippen MR) is 77.2 cm³/mol. The third-order valence-electron chi connectivity index (χ3n) is 4.11. The van der Waals surface area contributed by atoms with E-state index in [0.29, 0.717) is 6.04 Å². The highest BCUT2D eigenvalue weighted by atomic mass is 16.5. The summed E-state index contributed by atoms with van der Waals surface area (Å²) in [6.07, 6.45) is 7.11. The first kappa shape index (κ1) is 13.3. The van der Waals surface area contributed by atoms with Gasteiger partial charge in [0.2, 0.25) is 0 Å². The van der Waals surface area contributed by atoms with Crippen molar-refractivity contribution in [3.05, 3.63) is 47.1 Å². The Labute approximate surface area is 119 Å². The number of pyridine rings is 1. The molecule has 106 valence electrons. The molecule has 4 heteroatoms. The zero-order valence-electron chi connectivity index (χ0n) is 12.2. The third kappa shape index (κ3) is 2.48. The van der Waals surface area contributed by atoms with Gasteiger partial charge in [-0.1, -0.05) is 18.1 Å². The van der Waals surface area contributed by atoms with Gasteiger partial charge < -0.3 is 4.52 Å². The van der Waals surface area contributed by atoms with Crippen LogP contribution < -0.4 is 0 Å². The van der Waals surface area contributed by atoms with E-state index in [4.69, 9.17) is 4.52 Å². The Morgan fingerprint density at radius 1 is 1.45 bits per heavy atom. The SMILES string of the molecule is CCc1onc(C)c1[C@@H]1CCCN1Cc1cccnc1. The molecule has 1 fully saturated rings. The van der Waals surface area contributed by atoms with Gasteiger partial charge in [0, 0.05) is 37.0 Å². The average Bonchev–Trinajstić information content (AvgIpc) is 3.06. The Hall–Kier alpha value is -1.68. The van der Waals surface area contributed by atoms with E-state index in [2.05, 4.69) is 35.0 Å². The minimum absolute atomic E-state index is 0.441. The van der Waals surface area contributed by atoms with E-state index in [1.54, 1.807) is 0 Å². The van der Waals surface area contributed by atoms with Crippen LogP contribution in [0.1, 0.15) is 48.4 Å². The molecule has 1 saturated heterocycles. The molecule has 20 heavy (non-hydrogen) atoms. The van der Waals surface area contributed by atoms with E-state index >= 15 is 0 Å². The summed E-state index contributed by atoms with van der Waals surface area (Å²) in [4.78, 5) is 6.73. The summed E-state index contributed by atoms with van der Waals surface area (Å²) in [6.45, 7) is 6.27. The number of nitrogens with zero attached hydrogens (tertiary/aromatic N) is 3. The summed E-state index contributed by atoms with van der Waals surface area (Å²) in [7, 11) is 0. The largest absolute Gasteiger partial charge is 0.361 e. The van der Waals surface area contributed by atoms with Crippen LogP contribution in [0.4, 0.5) is 0 Å². The highest BCUT2D eigenvalue weighted by Crippen LogP contribution is 2.36. The summed E-state index contributed by atoms with van der Waals surface area (Å²) in [5.41, 5.74) is 3.63. The predicted octanol–water partition coefficient (Wildman–Crippen LogP) is 3.28. The van der Waals surface area contributed by atoms with Crippen LogP contribution in [0.2, 0.25) is 0 Å². The molecule has 4 nitrogen and oxygen atoms in total. The molecule has 2 aromatic heterocycles. The van der Waals surface area contributed by atoms with Crippen LogP contribution >= 0.6 is 0 Å². The van der Waals surface area contributed by atoms with Crippen molar-refractivity contribution in [2.45, 2.75) is 45.7 Å². The van der Waals surface area contributed by atoms with Crippen molar-refractivity contribution in [1.82, 2.24) is 15.0 Å². The third-order valence-corrected chi connectivity index (χ3v) is 4.11. The Morgan fingerprint density at radius 2 is 2.35 bits per heavy atom. The fourth-order valence-corrected chi connectivity index (χ4v) is 3.17. The minimum Gasteiger partial charge on any atom is -0.361 e. The highest BCUT2D eigenvalue weighted by Gasteiger charge is 2.31. The second-order valence-electron chi connectivity index (χ2n) is 5.45. The Kier molecular flexibility index (Phi) is 3.83. The molecule has 1 atom stereocenters. The van der Waals surface area contributed by atoms with E-state index < -0.39 is 0 Å². The fraction of sp³-hybridized carbons (Fsp3) is 0.500. The molecule has 0 aromatic carbocycles. The molecule has 3 rings (SSSR count). The summed E-state index contributed by atoms with van der Waals surface area (Å²) >= 11 is 0. The zero-order chi connectivity index (χ0) is 13.9. The maximum Gasteiger partial charge on any atom is 0.141 e. The number of likely N-dealkylation sites (tertiary alicyclic amines) is 1. The van der Waals surface area contributed by atoms with Crippen LogP contribution in [-0.2, 0) is 13.0 Å². The molecule has 0 aliphatic carbocycles. The van der Waals surface area contributed by atoms with Gasteiger partial charge in [-0.05, 0) is 37.9 Å². The van der Waals surface area contributed by atoms with Crippen LogP contribution in [0.15, 0.2) is 29.0 Å². The van der Waals surface area contributed by atoms with Gasteiger partial charge in [-0.25, -0.2) is 0 Å². The standard InChI is InChI=1S/C16H21N3O/c1-3-15-16(12(2)18-20-15)14-7-5-9-19(14)11-13-6-4-8-17-10-13/h4,6,8,10,14H,3,5,7,9,11H2,1-2H3/t14-/m0/s1. The average molecular weight is 271 g/mol. The number of hydrogen-bond donors (Lipinski definition) is 0. The van der Waals surface area contributed by atoms with E-state index in [9.17, 15) is 0 Å². The quantitative estimate of drug-likeness (QED) is 0.856. The van der Waals surface area contributed by atoms with Crippen molar-refractivity contribution < 1.29 is 4.52 Å². The smallest absolute Gasteiger partial charge is 0.141 e. The van der Waals surface area contributed by atoms with Crippen molar-refractivity contribution in [2.24, 2.45) is 0 Å². The lowest BCUT2D eigenvalue weighted by Crippen LogP contribution is -2.23. The van der Waals surface area contributed by atoms with Gasteiger partial charge in [0.05, 0.1) is 5.69 Å². The minimum atomic E-state index is 0.441. The summed E-state index contributed by atoms with van der Waals surface area (Å²) in [5.74, 6) is 1.05. The highest BCUT2D eigenvalue weighted by molar-refractivity contribution is 5.27. The van der Waals surface area contributed by atoms with Crippen LogP contribution in [0, 0.1) is 6.92 Å². The van der Waals surface area contributed by atoms with Crippen LogP contribution in [0.25, 0.3) is 0 Å². The maximum atomic E-state index is 5.47. The van der Waals surface area contributed by atoms with E-state index in [1.807, 2.05) is 18.5 Å². The molecule has 0 bridgehead atoms. The van der Waals surface area contributed by atoms with E-state index in [-0.39, 0.29) is 0 Å². The van der Waals surface area contributed by atoms with Gasteiger partial charge >= 0.3 is 0 Å². The summed E-state index contributed by atoms with van der Waals surface area (Å²) in [5, 5.41) is 4.16. The van der Waals surface area contributed by atoms with E-state index in [1.165, 1.54) is 24.0 Å². The van der Waals surface area contributed by atoms with Crippen LogP contribution in [0.5, 0.6) is 0 Å². The van der Waals surface area contributed by atoms with Crippen molar-refractivity contribution in [2.75, 3.05) is 6.54 Å². The molecule has 3 heterocycles. The Bertz CT molecular complexity index is 564. The lowest BCUT2D eigenvalue weighted by Gasteiger charge is -2.24. The van der Waals surface area contributed by atoms with Gasteiger partial charge in [0.15, 0.2) is 0 Å². The lowest BCUT2D eigenvalue weighted by atomic mass is 10.0. The second-order valence-corrected chi connectivity index (χ2v) is 5.45. The van der Waals surface area contributed by atoms with Crippen molar-refractivity contribution >= 4 is 0 Å². The zero-order valence-corrected chi connectivity index (χ0v) is 12.2. The molecule has 0 radical (unpaired) electrons. The maximum absolute atomic E-state index is 5.47. The molecule has 0 amide bonds. The molecule has 1 aliphatic heterocycles. The van der Waals surface area contributed by atoms with Crippen LogP contribution in [0.3, 0.4) is 0 Å². The monoisotopic (exact) mass is 271 g/mol. The van der Waals surface area contributed by atoms with Gasteiger partial charge in [0.25, 0.3) is 0 Å². The second kappa shape index (κ2) is 5.75. The normalized spacial score (nSPS) is 19.6. The number of aryl methyl sites for hydroxylation is 2. The summed E-state index contributed by atoms with van der Waals surface area (Å²) in [6, 6.07) is 4.59. The first-order valence-corrected chi connectivity index (χ1v) is 7.37. The Morgan fingerprint density at radius 3 is 3.10 bits per heavy atom. The lowest BCUT2D eigenvalue weighted by molar-refractivity contribution is 0.244. The van der Waals surface area contributed by atoms with Crippen LogP contribution in [-0.4, -0.2) is 21.6 Å². The fourth-order valence-electron chi connectivity index (χ4n) is 3.17. The van der Waals surface area contributed by atoms with Gasteiger partial charge in [0.1, 0.15) is 5.76 Å². The molecular weight excluding hydrogens is 250 g/mol. The number of rotatable bonds is 4. The van der Waals surface area contributed by atoms with Crippen molar-refractivity contribution in [3.8, 4) is 0 Å². The molecule has 2 aromatic rings. The molecule has 0 N–H and O–H groups in total. The molecular formula is C16H21N3O. The molecule has 0 spiro atoms. The van der Waals surface area contributed by atoms with Crippen molar-refractivity contribution in [3.63, 3.8) is 0 Å². The molecule has 1 aliphatic rings. The number of aromatic nitrogens is 2. The van der Waals surface area contributed by atoms with E-state index in [0.717, 1.165) is 31.0 Å². The van der Waals surface area contributed by atoms with Gasteiger partial charge in [-0.15, -0.1) is 0 Å². The first-order chi connectivity index (χ1) is 9.79. The molecule has 0 saturated carbocycles. The number of hydrogen-bond acceptors (Lipinski definition) is 4. The molecule has 0 unspecified atom stereocenters. The Balaban J connectivity index is 1.83. The first-order valence-electron chi connectivity index (χ1n) is 7.37.